The first kappa shape index (κ1) is 12.7. The molecule has 1 aliphatic carbocycles. The Morgan fingerprint density at radius 1 is 1.29 bits per heavy atom. The van der Waals surface area contributed by atoms with Crippen LogP contribution in [0, 0.1) is 5.41 Å². The molecule has 1 aliphatic rings. The van der Waals surface area contributed by atoms with Gasteiger partial charge < -0.3 is 11.1 Å². The van der Waals surface area contributed by atoms with Crippen molar-refractivity contribution in [1.82, 2.24) is 4.98 Å². The van der Waals surface area contributed by atoms with Crippen molar-refractivity contribution in [3.8, 4) is 0 Å². The summed E-state index contributed by atoms with van der Waals surface area (Å²) < 4.78 is 0. The van der Waals surface area contributed by atoms with Gasteiger partial charge in [-0.1, -0.05) is 30.9 Å². The van der Waals surface area contributed by atoms with E-state index in [4.69, 9.17) is 17.3 Å². The number of aromatic nitrogens is 1. The molecule has 1 aromatic heterocycles. The molecule has 1 saturated carbocycles. The molecule has 1 heterocycles. The van der Waals surface area contributed by atoms with Crippen molar-refractivity contribution in [2.45, 2.75) is 32.1 Å². The van der Waals surface area contributed by atoms with Gasteiger partial charge in [-0.2, -0.15) is 0 Å². The topological polar surface area (TPSA) is 50.9 Å². The van der Waals surface area contributed by atoms with E-state index in [0.29, 0.717) is 5.02 Å². The van der Waals surface area contributed by atoms with E-state index in [9.17, 15) is 0 Å². The largest absolute Gasteiger partial charge is 0.369 e. The van der Waals surface area contributed by atoms with Crippen molar-refractivity contribution in [2.24, 2.45) is 11.1 Å². The molecule has 0 amide bonds. The highest BCUT2D eigenvalue weighted by atomic mass is 35.5. The summed E-state index contributed by atoms with van der Waals surface area (Å²) in [7, 11) is 0. The van der Waals surface area contributed by atoms with Crippen LogP contribution < -0.4 is 11.1 Å². The van der Waals surface area contributed by atoms with Gasteiger partial charge in [0.15, 0.2) is 0 Å². The maximum Gasteiger partial charge on any atom is 0.126 e. The van der Waals surface area contributed by atoms with Gasteiger partial charge in [-0.3, -0.25) is 0 Å². The highest BCUT2D eigenvalue weighted by Crippen LogP contribution is 2.35. The zero-order valence-corrected chi connectivity index (χ0v) is 10.8. The first-order chi connectivity index (χ1) is 8.24. The maximum atomic E-state index is 5.94. The molecule has 3 N–H and O–H groups in total. The van der Waals surface area contributed by atoms with Gasteiger partial charge in [-0.15, -0.1) is 0 Å². The van der Waals surface area contributed by atoms with Crippen molar-refractivity contribution >= 4 is 17.4 Å². The molecule has 0 bridgehead atoms. The molecule has 0 saturated heterocycles. The monoisotopic (exact) mass is 253 g/mol. The van der Waals surface area contributed by atoms with Crippen LogP contribution in [-0.4, -0.2) is 18.1 Å². The Labute approximate surface area is 108 Å². The highest BCUT2D eigenvalue weighted by molar-refractivity contribution is 6.30. The van der Waals surface area contributed by atoms with Gasteiger partial charge in [0.25, 0.3) is 0 Å². The van der Waals surface area contributed by atoms with Gasteiger partial charge in [-0.05, 0) is 36.9 Å². The minimum atomic E-state index is 0.263. The molecule has 4 heteroatoms. The Morgan fingerprint density at radius 3 is 2.65 bits per heavy atom. The standard InChI is InChI=1S/C13H20ClN3/c14-11-4-5-12(16-8-11)17-10-13(9-15)6-2-1-3-7-13/h4-5,8H,1-3,6-7,9-10,15H2,(H,16,17). The first-order valence-corrected chi connectivity index (χ1v) is 6.67. The van der Waals surface area contributed by atoms with Crippen molar-refractivity contribution < 1.29 is 0 Å². The molecule has 94 valence electrons. The molecule has 0 spiro atoms. The van der Waals surface area contributed by atoms with Crippen LogP contribution >= 0.6 is 11.6 Å². The van der Waals surface area contributed by atoms with Gasteiger partial charge in [0.2, 0.25) is 0 Å². The molecule has 1 aromatic rings. The van der Waals surface area contributed by atoms with E-state index >= 15 is 0 Å². The Kier molecular flexibility index (Phi) is 4.24. The second-order valence-corrected chi connectivity index (χ2v) is 5.42. The smallest absolute Gasteiger partial charge is 0.126 e. The predicted octanol–water partition coefficient (Wildman–Crippen LogP) is 3.06. The second-order valence-electron chi connectivity index (χ2n) is 4.98. The SMILES string of the molecule is NCC1(CNc2ccc(Cl)cn2)CCCCC1. The predicted molar refractivity (Wildman–Crippen MR) is 72.3 cm³/mol. The van der Waals surface area contributed by atoms with Crippen LogP contribution in [0.2, 0.25) is 5.02 Å². The van der Waals surface area contributed by atoms with Gasteiger partial charge in [0, 0.05) is 12.7 Å². The molecular weight excluding hydrogens is 234 g/mol. The van der Waals surface area contributed by atoms with E-state index in [-0.39, 0.29) is 5.41 Å². The fourth-order valence-electron chi connectivity index (χ4n) is 2.51. The summed E-state index contributed by atoms with van der Waals surface area (Å²) in [6.07, 6.45) is 8.06. The van der Waals surface area contributed by atoms with Gasteiger partial charge in [0.1, 0.15) is 5.82 Å². The first-order valence-electron chi connectivity index (χ1n) is 6.30. The van der Waals surface area contributed by atoms with Crippen LogP contribution in [0.4, 0.5) is 5.82 Å². The number of pyridine rings is 1. The van der Waals surface area contributed by atoms with Gasteiger partial charge in [0.05, 0.1) is 5.02 Å². The maximum absolute atomic E-state index is 5.94. The molecule has 0 aromatic carbocycles. The fraction of sp³-hybridized carbons (Fsp3) is 0.615. The minimum absolute atomic E-state index is 0.263. The lowest BCUT2D eigenvalue weighted by molar-refractivity contribution is 0.215. The van der Waals surface area contributed by atoms with Crippen molar-refractivity contribution in [1.29, 1.82) is 0 Å². The fourth-order valence-corrected chi connectivity index (χ4v) is 2.63. The third kappa shape index (κ3) is 3.33. The third-order valence-corrected chi connectivity index (χ3v) is 3.94. The van der Waals surface area contributed by atoms with Gasteiger partial charge >= 0.3 is 0 Å². The Bertz CT molecular complexity index is 344. The summed E-state index contributed by atoms with van der Waals surface area (Å²) in [6.45, 7) is 1.67. The van der Waals surface area contributed by atoms with E-state index in [1.807, 2.05) is 12.1 Å². The van der Waals surface area contributed by atoms with E-state index in [2.05, 4.69) is 10.3 Å². The van der Waals surface area contributed by atoms with Crippen LogP contribution in [0.15, 0.2) is 18.3 Å². The average molecular weight is 254 g/mol. The number of nitrogens with one attached hydrogen (secondary N) is 1. The van der Waals surface area contributed by atoms with Crippen molar-refractivity contribution in [2.75, 3.05) is 18.4 Å². The molecule has 17 heavy (non-hydrogen) atoms. The quantitative estimate of drug-likeness (QED) is 0.867. The Balaban J connectivity index is 1.93. The van der Waals surface area contributed by atoms with E-state index in [1.54, 1.807) is 6.20 Å². The molecule has 0 radical (unpaired) electrons. The molecule has 3 nitrogen and oxygen atoms in total. The van der Waals surface area contributed by atoms with Crippen molar-refractivity contribution in [3.63, 3.8) is 0 Å². The number of nitrogens with two attached hydrogens (primary N) is 1. The summed E-state index contributed by atoms with van der Waals surface area (Å²) in [6, 6.07) is 3.77. The summed E-state index contributed by atoms with van der Waals surface area (Å²) in [5, 5.41) is 4.05. The number of halogens is 1. The lowest BCUT2D eigenvalue weighted by Gasteiger charge is -2.36. The van der Waals surface area contributed by atoms with Gasteiger partial charge in [-0.25, -0.2) is 4.98 Å². The van der Waals surface area contributed by atoms with E-state index in [0.717, 1.165) is 18.9 Å². The zero-order chi connectivity index (χ0) is 12.1. The minimum Gasteiger partial charge on any atom is -0.369 e. The Morgan fingerprint density at radius 2 is 2.06 bits per heavy atom. The lowest BCUT2D eigenvalue weighted by atomic mass is 9.74. The second kappa shape index (κ2) is 5.69. The van der Waals surface area contributed by atoms with Crippen LogP contribution in [0.5, 0.6) is 0 Å². The van der Waals surface area contributed by atoms with Crippen LogP contribution in [-0.2, 0) is 0 Å². The molecule has 0 aliphatic heterocycles. The molecule has 0 atom stereocenters. The molecule has 0 unspecified atom stereocenters. The lowest BCUT2D eigenvalue weighted by Crippen LogP contribution is -2.39. The number of nitrogens with zero attached hydrogens (tertiary/aromatic N) is 1. The van der Waals surface area contributed by atoms with Crippen molar-refractivity contribution in [3.05, 3.63) is 23.4 Å². The van der Waals surface area contributed by atoms with Crippen LogP contribution in [0.3, 0.4) is 0 Å². The number of hydrogen-bond acceptors (Lipinski definition) is 3. The molecule has 1 fully saturated rings. The molecule has 2 rings (SSSR count). The Hall–Kier alpha value is -0.800. The summed E-state index contributed by atoms with van der Waals surface area (Å²) in [5.41, 5.74) is 6.21. The zero-order valence-electron chi connectivity index (χ0n) is 10.1. The molecular formula is C13H20ClN3. The van der Waals surface area contributed by atoms with Crippen LogP contribution in [0.1, 0.15) is 32.1 Å². The third-order valence-electron chi connectivity index (χ3n) is 3.72. The average Bonchev–Trinajstić information content (AvgIpc) is 2.39. The normalized spacial score (nSPS) is 18.9. The summed E-state index contributed by atoms with van der Waals surface area (Å²) in [4.78, 5) is 4.24. The highest BCUT2D eigenvalue weighted by Gasteiger charge is 2.30. The number of hydrogen-bond donors (Lipinski definition) is 2. The van der Waals surface area contributed by atoms with E-state index < -0.39 is 0 Å². The number of rotatable bonds is 4. The summed E-state index contributed by atoms with van der Waals surface area (Å²) >= 11 is 5.80. The summed E-state index contributed by atoms with van der Waals surface area (Å²) in [5.74, 6) is 0.882. The number of anilines is 1. The van der Waals surface area contributed by atoms with E-state index in [1.165, 1.54) is 32.1 Å². The van der Waals surface area contributed by atoms with Crippen LogP contribution in [0.25, 0.3) is 0 Å².